The Hall–Kier alpha value is -0.830. The van der Waals surface area contributed by atoms with Gasteiger partial charge in [-0.3, -0.25) is 4.68 Å². The molecule has 0 saturated heterocycles. The van der Waals surface area contributed by atoms with Crippen LogP contribution in [0.3, 0.4) is 0 Å². The average molecular weight is 259 g/mol. The Morgan fingerprint density at radius 1 is 1.16 bits per heavy atom. The maximum absolute atomic E-state index is 4.69. The Balaban J connectivity index is 1.54. The van der Waals surface area contributed by atoms with E-state index in [0.717, 1.165) is 36.8 Å². The number of hydrogen-bond donors (Lipinski definition) is 1. The minimum atomic E-state index is 0.711. The quantitative estimate of drug-likeness (QED) is 0.901. The fraction of sp³-hybridized carbons (Fsp3) is 0.812. The summed E-state index contributed by atoms with van der Waals surface area (Å²) in [6, 6.07) is 0.711. The van der Waals surface area contributed by atoms with Gasteiger partial charge >= 0.3 is 0 Å². The third-order valence-electron chi connectivity index (χ3n) is 5.72. The number of nitrogens with zero attached hydrogens (tertiary/aromatic N) is 2. The van der Waals surface area contributed by atoms with E-state index >= 15 is 0 Å². The molecule has 1 aromatic rings. The standard InChI is InChI=1S/C16H25N3/c1-2-17-8-13-9-18-19(10-13)16-14-4-11-3-12(6-14)7-15(16)5-11/h9-12,14-17H,2-8H2,1H3. The predicted octanol–water partition coefficient (Wildman–Crippen LogP) is 2.99. The van der Waals surface area contributed by atoms with Crippen molar-refractivity contribution in [3.63, 3.8) is 0 Å². The fourth-order valence-electron chi connectivity index (χ4n) is 5.23. The molecule has 0 unspecified atom stereocenters. The van der Waals surface area contributed by atoms with E-state index < -0.39 is 0 Å². The highest BCUT2D eigenvalue weighted by molar-refractivity contribution is 5.07. The molecule has 0 aromatic carbocycles. The van der Waals surface area contributed by atoms with Gasteiger partial charge in [-0.1, -0.05) is 6.92 Å². The van der Waals surface area contributed by atoms with Gasteiger partial charge in [0.05, 0.1) is 12.2 Å². The van der Waals surface area contributed by atoms with Gasteiger partial charge in [-0.2, -0.15) is 5.10 Å². The third kappa shape index (κ3) is 2.03. The van der Waals surface area contributed by atoms with Crippen LogP contribution in [0.15, 0.2) is 12.4 Å². The van der Waals surface area contributed by atoms with Crippen molar-refractivity contribution in [1.82, 2.24) is 15.1 Å². The molecule has 19 heavy (non-hydrogen) atoms. The van der Waals surface area contributed by atoms with Crippen LogP contribution in [0.25, 0.3) is 0 Å². The summed E-state index contributed by atoms with van der Waals surface area (Å²) in [5.74, 6) is 3.94. The first kappa shape index (κ1) is 12.0. The molecule has 1 heterocycles. The molecule has 0 atom stereocenters. The molecule has 1 aromatic heterocycles. The Morgan fingerprint density at radius 2 is 1.84 bits per heavy atom. The maximum atomic E-state index is 4.69. The number of nitrogens with one attached hydrogen (secondary N) is 1. The van der Waals surface area contributed by atoms with Crippen molar-refractivity contribution in [1.29, 1.82) is 0 Å². The topological polar surface area (TPSA) is 29.9 Å². The highest BCUT2D eigenvalue weighted by Crippen LogP contribution is 2.58. The predicted molar refractivity (Wildman–Crippen MR) is 75.7 cm³/mol. The van der Waals surface area contributed by atoms with Gasteiger partial charge in [-0.05, 0) is 62.3 Å². The van der Waals surface area contributed by atoms with Crippen LogP contribution in [0.2, 0.25) is 0 Å². The molecule has 1 N–H and O–H groups in total. The summed E-state index contributed by atoms with van der Waals surface area (Å²) in [5, 5.41) is 8.08. The van der Waals surface area contributed by atoms with Gasteiger partial charge < -0.3 is 5.32 Å². The number of hydrogen-bond acceptors (Lipinski definition) is 2. The lowest BCUT2D eigenvalue weighted by Crippen LogP contribution is -2.46. The molecule has 4 bridgehead atoms. The lowest BCUT2D eigenvalue weighted by atomic mass is 9.54. The molecule has 0 amide bonds. The molecule has 0 aliphatic heterocycles. The van der Waals surface area contributed by atoms with E-state index in [9.17, 15) is 0 Å². The zero-order valence-corrected chi connectivity index (χ0v) is 11.9. The van der Waals surface area contributed by atoms with E-state index in [-0.39, 0.29) is 0 Å². The summed E-state index contributed by atoms with van der Waals surface area (Å²) < 4.78 is 2.32. The van der Waals surface area contributed by atoms with Gasteiger partial charge in [0.25, 0.3) is 0 Å². The maximum Gasteiger partial charge on any atom is 0.0576 e. The van der Waals surface area contributed by atoms with Crippen molar-refractivity contribution < 1.29 is 0 Å². The first-order chi connectivity index (χ1) is 9.33. The summed E-state index contributed by atoms with van der Waals surface area (Å²) in [4.78, 5) is 0. The lowest BCUT2D eigenvalue weighted by Gasteiger charge is -2.54. The van der Waals surface area contributed by atoms with Crippen LogP contribution in [-0.2, 0) is 6.54 Å². The SMILES string of the molecule is CCNCc1cnn(C2C3CC4CC(C3)CC2C4)c1. The van der Waals surface area contributed by atoms with Crippen molar-refractivity contribution in [2.24, 2.45) is 23.7 Å². The highest BCUT2D eigenvalue weighted by atomic mass is 15.3. The fourth-order valence-corrected chi connectivity index (χ4v) is 5.23. The summed E-state index contributed by atoms with van der Waals surface area (Å²) >= 11 is 0. The summed E-state index contributed by atoms with van der Waals surface area (Å²) in [7, 11) is 0. The van der Waals surface area contributed by atoms with Gasteiger partial charge in [0.1, 0.15) is 0 Å². The van der Waals surface area contributed by atoms with E-state index in [1.165, 1.54) is 37.7 Å². The van der Waals surface area contributed by atoms with Crippen molar-refractivity contribution in [3.8, 4) is 0 Å². The van der Waals surface area contributed by atoms with Crippen LogP contribution >= 0.6 is 0 Å². The Morgan fingerprint density at radius 3 is 2.47 bits per heavy atom. The van der Waals surface area contributed by atoms with E-state index in [1.807, 2.05) is 0 Å². The van der Waals surface area contributed by atoms with E-state index in [0.29, 0.717) is 6.04 Å². The van der Waals surface area contributed by atoms with Crippen LogP contribution in [-0.4, -0.2) is 16.3 Å². The molecule has 5 rings (SSSR count). The van der Waals surface area contributed by atoms with Crippen LogP contribution in [0.5, 0.6) is 0 Å². The Labute approximate surface area is 115 Å². The zero-order chi connectivity index (χ0) is 12.8. The molecule has 4 aliphatic rings. The first-order valence-electron chi connectivity index (χ1n) is 8.07. The molecule has 4 saturated carbocycles. The van der Waals surface area contributed by atoms with Gasteiger partial charge in [-0.15, -0.1) is 0 Å². The minimum absolute atomic E-state index is 0.711. The molecule has 3 heteroatoms. The summed E-state index contributed by atoms with van der Waals surface area (Å²) in [6.07, 6.45) is 11.8. The molecule has 104 valence electrons. The molecule has 4 aliphatic carbocycles. The second-order valence-corrected chi connectivity index (χ2v) is 7.03. The first-order valence-corrected chi connectivity index (χ1v) is 8.07. The smallest absolute Gasteiger partial charge is 0.0576 e. The van der Waals surface area contributed by atoms with Gasteiger partial charge in [0.15, 0.2) is 0 Å². The molecule has 3 nitrogen and oxygen atoms in total. The molecule has 0 radical (unpaired) electrons. The van der Waals surface area contributed by atoms with Crippen molar-refractivity contribution >= 4 is 0 Å². The molecular formula is C16H25N3. The monoisotopic (exact) mass is 259 g/mol. The Kier molecular flexibility index (Phi) is 2.91. The number of aromatic nitrogens is 2. The lowest BCUT2D eigenvalue weighted by molar-refractivity contribution is -0.0336. The van der Waals surface area contributed by atoms with Crippen LogP contribution < -0.4 is 5.32 Å². The van der Waals surface area contributed by atoms with Crippen LogP contribution in [0, 0.1) is 23.7 Å². The molecular weight excluding hydrogens is 234 g/mol. The summed E-state index contributed by atoms with van der Waals surface area (Å²) in [5.41, 5.74) is 1.34. The van der Waals surface area contributed by atoms with Gasteiger partial charge in [0.2, 0.25) is 0 Å². The highest BCUT2D eigenvalue weighted by Gasteiger charge is 2.49. The second-order valence-electron chi connectivity index (χ2n) is 7.03. The van der Waals surface area contributed by atoms with Gasteiger partial charge in [-0.25, -0.2) is 0 Å². The normalized spacial score (nSPS) is 39.9. The molecule has 0 spiro atoms. The van der Waals surface area contributed by atoms with E-state index in [1.54, 1.807) is 0 Å². The number of rotatable bonds is 4. The van der Waals surface area contributed by atoms with Crippen LogP contribution in [0.1, 0.15) is 50.6 Å². The van der Waals surface area contributed by atoms with E-state index in [4.69, 9.17) is 5.10 Å². The average Bonchev–Trinajstić information content (AvgIpc) is 2.83. The van der Waals surface area contributed by atoms with Crippen molar-refractivity contribution in [3.05, 3.63) is 18.0 Å². The van der Waals surface area contributed by atoms with Crippen molar-refractivity contribution in [2.75, 3.05) is 6.54 Å². The second kappa shape index (κ2) is 4.62. The Bertz CT molecular complexity index is 423. The van der Waals surface area contributed by atoms with E-state index in [2.05, 4.69) is 29.3 Å². The largest absolute Gasteiger partial charge is 0.313 e. The zero-order valence-electron chi connectivity index (χ0n) is 11.9. The van der Waals surface area contributed by atoms with Gasteiger partial charge in [0, 0.05) is 18.3 Å². The third-order valence-corrected chi connectivity index (χ3v) is 5.72. The molecule has 4 fully saturated rings. The summed E-state index contributed by atoms with van der Waals surface area (Å²) in [6.45, 7) is 4.15. The van der Waals surface area contributed by atoms with Crippen LogP contribution in [0.4, 0.5) is 0 Å². The van der Waals surface area contributed by atoms with Crippen molar-refractivity contribution in [2.45, 2.75) is 51.6 Å². The minimum Gasteiger partial charge on any atom is -0.313 e.